The lowest BCUT2D eigenvalue weighted by atomic mass is 10.1. The maximum Gasteiger partial charge on any atom is 0.255 e. The Hall–Kier alpha value is -2.62. The highest BCUT2D eigenvalue weighted by Crippen LogP contribution is 2.19. The highest BCUT2D eigenvalue weighted by Gasteiger charge is 2.16. The summed E-state index contributed by atoms with van der Waals surface area (Å²) in [7, 11) is 0. The monoisotopic (exact) mass is 324 g/mol. The van der Waals surface area contributed by atoms with Crippen molar-refractivity contribution in [1.29, 1.82) is 0 Å². The second kappa shape index (κ2) is 6.87. The minimum absolute atomic E-state index is 0.149. The molecule has 0 aliphatic rings. The van der Waals surface area contributed by atoms with Crippen LogP contribution in [0, 0.1) is 13.8 Å². The highest BCUT2D eigenvalue weighted by atomic mass is 16.2. The molecule has 2 aromatic carbocycles. The molecule has 0 atom stereocenters. The third-order valence-electron chi connectivity index (χ3n) is 3.75. The Morgan fingerprint density at radius 2 is 1.38 bits per heavy atom. The van der Waals surface area contributed by atoms with Crippen LogP contribution in [0.25, 0.3) is 0 Å². The van der Waals surface area contributed by atoms with Crippen molar-refractivity contribution in [1.82, 2.24) is 5.32 Å². The van der Waals surface area contributed by atoms with Crippen molar-refractivity contribution in [3.63, 3.8) is 0 Å². The van der Waals surface area contributed by atoms with Crippen molar-refractivity contribution in [2.75, 3.05) is 5.32 Å². The second-order valence-corrected chi connectivity index (χ2v) is 6.98. The maximum atomic E-state index is 12.4. The zero-order chi connectivity index (χ0) is 17.9. The van der Waals surface area contributed by atoms with E-state index >= 15 is 0 Å². The SMILES string of the molecule is Cc1cccc(NC(=O)c2ccc(C(=O)NC(C)(C)C)cc2)c1C. The molecule has 0 unspecified atom stereocenters. The van der Waals surface area contributed by atoms with Crippen LogP contribution in [0.3, 0.4) is 0 Å². The minimum atomic E-state index is -0.296. The normalized spacial score (nSPS) is 11.0. The Bertz CT molecular complexity index is 756. The molecule has 4 nitrogen and oxygen atoms in total. The van der Waals surface area contributed by atoms with Crippen LogP contribution < -0.4 is 10.6 Å². The Labute approximate surface area is 143 Å². The van der Waals surface area contributed by atoms with E-state index in [1.807, 2.05) is 52.8 Å². The van der Waals surface area contributed by atoms with Crippen LogP contribution in [0.2, 0.25) is 0 Å². The number of carbonyl (C=O) groups is 2. The van der Waals surface area contributed by atoms with Gasteiger partial charge >= 0.3 is 0 Å². The first-order valence-electron chi connectivity index (χ1n) is 7.97. The quantitative estimate of drug-likeness (QED) is 0.893. The first-order valence-corrected chi connectivity index (χ1v) is 7.97. The van der Waals surface area contributed by atoms with E-state index in [9.17, 15) is 9.59 Å². The number of benzene rings is 2. The summed E-state index contributed by atoms with van der Waals surface area (Å²) in [5, 5.41) is 5.81. The first-order chi connectivity index (χ1) is 11.2. The van der Waals surface area contributed by atoms with E-state index in [1.165, 1.54) is 0 Å². The molecule has 2 rings (SSSR count). The third-order valence-corrected chi connectivity index (χ3v) is 3.75. The van der Waals surface area contributed by atoms with Crippen LogP contribution in [0.5, 0.6) is 0 Å². The standard InChI is InChI=1S/C20H24N2O2/c1-13-7-6-8-17(14(13)2)21-18(23)15-9-11-16(12-10-15)19(24)22-20(3,4)5/h6-12H,1-5H3,(H,21,23)(H,22,24). The lowest BCUT2D eigenvalue weighted by molar-refractivity contribution is 0.0918. The zero-order valence-electron chi connectivity index (χ0n) is 14.9. The average Bonchev–Trinajstić information content (AvgIpc) is 2.50. The van der Waals surface area contributed by atoms with E-state index in [1.54, 1.807) is 24.3 Å². The molecular formula is C20H24N2O2. The van der Waals surface area contributed by atoms with Gasteiger partial charge in [-0.3, -0.25) is 9.59 Å². The molecule has 0 fully saturated rings. The number of rotatable bonds is 3. The van der Waals surface area contributed by atoms with E-state index in [2.05, 4.69) is 10.6 Å². The maximum absolute atomic E-state index is 12.4. The van der Waals surface area contributed by atoms with Gasteiger partial charge in [0.2, 0.25) is 0 Å². The fourth-order valence-electron chi connectivity index (χ4n) is 2.27. The number of carbonyl (C=O) groups excluding carboxylic acids is 2. The molecule has 0 aliphatic carbocycles. The molecule has 0 saturated carbocycles. The second-order valence-electron chi connectivity index (χ2n) is 6.98. The number of amides is 2. The summed E-state index contributed by atoms with van der Waals surface area (Å²) in [5.41, 5.74) is 3.73. The zero-order valence-corrected chi connectivity index (χ0v) is 14.9. The first kappa shape index (κ1) is 17.7. The molecule has 126 valence electrons. The van der Waals surface area contributed by atoms with Gasteiger partial charge in [0.15, 0.2) is 0 Å². The smallest absolute Gasteiger partial charge is 0.255 e. The molecule has 0 aliphatic heterocycles. The van der Waals surface area contributed by atoms with Crippen LogP contribution in [0.15, 0.2) is 42.5 Å². The number of aryl methyl sites for hydroxylation is 1. The molecule has 0 heterocycles. The highest BCUT2D eigenvalue weighted by molar-refractivity contribution is 6.05. The minimum Gasteiger partial charge on any atom is -0.347 e. The fraction of sp³-hybridized carbons (Fsp3) is 0.300. The molecule has 2 N–H and O–H groups in total. The van der Waals surface area contributed by atoms with E-state index < -0.39 is 0 Å². The molecule has 2 aromatic rings. The number of hydrogen-bond donors (Lipinski definition) is 2. The van der Waals surface area contributed by atoms with Gasteiger partial charge in [-0.15, -0.1) is 0 Å². The summed E-state index contributed by atoms with van der Waals surface area (Å²) in [6.45, 7) is 9.77. The summed E-state index contributed by atoms with van der Waals surface area (Å²) >= 11 is 0. The van der Waals surface area contributed by atoms with Crippen molar-refractivity contribution in [2.45, 2.75) is 40.2 Å². The number of hydrogen-bond acceptors (Lipinski definition) is 2. The Morgan fingerprint density at radius 3 is 1.92 bits per heavy atom. The van der Waals surface area contributed by atoms with Gasteiger partial charge in [-0.05, 0) is 76.1 Å². The summed E-state index contributed by atoms with van der Waals surface area (Å²) in [5.74, 6) is -0.338. The van der Waals surface area contributed by atoms with Gasteiger partial charge in [-0.1, -0.05) is 12.1 Å². The predicted molar refractivity (Wildman–Crippen MR) is 97.5 cm³/mol. The van der Waals surface area contributed by atoms with E-state index in [4.69, 9.17) is 0 Å². The van der Waals surface area contributed by atoms with Crippen molar-refractivity contribution in [3.05, 3.63) is 64.7 Å². The van der Waals surface area contributed by atoms with Crippen LogP contribution in [0.4, 0.5) is 5.69 Å². The van der Waals surface area contributed by atoms with E-state index in [-0.39, 0.29) is 17.4 Å². The van der Waals surface area contributed by atoms with Crippen LogP contribution in [0.1, 0.15) is 52.6 Å². The predicted octanol–water partition coefficient (Wildman–Crippen LogP) is 4.08. The number of nitrogens with one attached hydrogen (secondary N) is 2. The molecule has 24 heavy (non-hydrogen) atoms. The third kappa shape index (κ3) is 4.44. The topological polar surface area (TPSA) is 58.2 Å². The molecule has 2 amide bonds. The van der Waals surface area contributed by atoms with Gasteiger partial charge < -0.3 is 10.6 Å². The molecule has 4 heteroatoms. The Morgan fingerprint density at radius 1 is 0.833 bits per heavy atom. The van der Waals surface area contributed by atoms with Crippen molar-refractivity contribution >= 4 is 17.5 Å². The van der Waals surface area contributed by atoms with Crippen molar-refractivity contribution < 1.29 is 9.59 Å². The molecule has 0 spiro atoms. The fourth-order valence-corrected chi connectivity index (χ4v) is 2.27. The van der Waals surface area contributed by atoms with Gasteiger partial charge in [-0.25, -0.2) is 0 Å². The van der Waals surface area contributed by atoms with Gasteiger partial charge in [0, 0.05) is 22.4 Å². The van der Waals surface area contributed by atoms with Gasteiger partial charge in [0.1, 0.15) is 0 Å². The summed E-state index contributed by atoms with van der Waals surface area (Å²) in [4.78, 5) is 24.5. The van der Waals surface area contributed by atoms with Crippen LogP contribution in [-0.2, 0) is 0 Å². The lowest BCUT2D eigenvalue weighted by Crippen LogP contribution is -2.40. The molecule has 0 aromatic heterocycles. The average molecular weight is 324 g/mol. The van der Waals surface area contributed by atoms with Crippen molar-refractivity contribution in [3.8, 4) is 0 Å². The largest absolute Gasteiger partial charge is 0.347 e. The summed E-state index contributed by atoms with van der Waals surface area (Å²) in [6.07, 6.45) is 0. The van der Waals surface area contributed by atoms with Gasteiger partial charge in [-0.2, -0.15) is 0 Å². The lowest BCUT2D eigenvalue weighted by Gasteiger charge is -2.20. The van der Waals surface area contributed by atoms with Crippen molar-refractivity contribution in [2.24, 2.45) is 0 Å². The number of anilines is 1. The van der Waals surface area contributed by atoms with Crippen LogP contribution in [-0.4, -0.2) is 17.4 Å². The Kier molecular flexibility index (Phi) is 5.07. The van der Waals surface area contributed by atoms with E-state index in [0.29, 0.717) is 11.1 Å². The van der Waals surface area contributed by atoms with E-state index in [0.717, 1.165) is 16.8 Å². The Balaban J connectivity index is 2.11. The summed E-state index contributed by atoms with van der Waals surface area (Å²) in [6, 6.07) is 12.5. The molecule has 0 saturated heterocycles. The molecule has 0 radical (unpaired) electrons. The van der Waals surface area contributed by atoms with Gasteiger partial charge in [0.25, 0.3) is 11.8 Å². The van der Waals surface area contributed by atoms with Gasteiger partial charge in [0.05, 0.1) is 0 Å². The van der Waals surface area contributed by atoms with Crippen LogP contribution >= 0.6 is 0 Å². The molecular weight excluding hydrogens is 300 g/mol. The molecule has 0 bridgehead atoms. The summed E-state index contributed by atoms with van der Waals surface area (Å²) < 4.78 is 0.